The number of hydrogen-bond acceptors (Lipinski definition) is 3. The van der Waals surface area contributed by atoms with Gasteiger partial charge in [-0.1, -0.05) is 13.0 Å². The van der Waals surface area contributed by atoms with Gasteiger partial charge in [-0.25, -0.2) is 0 Å². The Morgan fingerprint density at radius 2 is 1.80 bits per heavy atom. The van der Waals surface area contributed by atoms with Gasteiger partial charge in [0.1, 0.15) is 6.10 Å². The lowest BCUT2D eigenvalue weighted by Crippen LogP contribution is -2.49. The number of fused-ring (bicyclic) bond motifs is 5. The minimum absolute atomic E-state index is 0.126. The first-order chi connectivity index (χ1) is 11.9. The van der Waals surface area contributed by atoms with Gasteiger partial charge in [0.15, 0.2) is 5.78 Å². The normalized spacial score (nSPS) is 45.6. The Bertz CT molecular complexity index is 606. The molecule has 0 radical (unpaired) electrons. The van der Waals surface area contributed by atoms with Crippen molar-refractivity contribution < 1.29 is 14.3 Å². The number of allylic oxidation sites excluding steroid dienone is 2. The second kappa shape index (κ2) is 6.25. The fourth-order valence-electron chi connectivity index (χ4n) is 7.27. The first kappa shape index (κ1) is 17.3. The molecule has 0 spiro atoms. The highest BCUT2D eigenvalue weighted by molar-refractivity contribution is 5.95. The second-order valence-electron chi connectivity index (χ2n) is 9.35. The van der Waals surface area contributed by atoms with Crippen molar-refractivity contribution in [2.24, 2.45) is 35.0 Å². The minimum atomic E-state index is -0.126. The molecule has 0 aliphatic heterocycles. The lowest BCUT2D eigenvalue weighted by Gasteiger charge is -2.55. The molecule has 0 amide bonds. The van der Waals surface area contributed by atoms with E-state index in [9.17, 15) is 9.59 Å². The molecule has 0 unspecified atom stereocenters. The fraction of sp³-hybridized carbons (Fsp3) is 0.818. The topological polar surface area (TPSA) is 43.4 Å². The molecule has 0 heterocycles. The SMILES string of the molecule is CC(=O)O[C@H]1CC[C@H]2[C@H](CC[C@@H]3[C@@H]2CC[C@]2(C)C(C(C)=O)=CC[C@@H]32)C1. The highest BCUT2D eigenvalue weighted by atomic mass is 16.5. The zero-order chi connectivity index (χ0) is 17.8. The Morgan fingerprint density at radius 3 is 2.52 bits per heavy atom. The van der Waals surface area contributed by atoms with Gasteiger partial charge in [-0.15, -0.1) is 0 Å². The van der Waals surface area contributed by atoms with Crippen LogP contribution >= 0.6 is 0 Å². The van der Waals surface area contributed by atoms with Crippen LogP contribution in [0.2, 0.25) is 0 Å². The molecule has 0 N–H and O–H groups in total. The quantitative estimate of drug-likeness (QED) is 0.682. The molecule has 4 aliphatic rings. The van der Waals surface area contributed by atoms with E-state index < -0.39 is 0 Å². The summed E-state index contributed by atoms with van der Waals surface area (Å²) in [4.78, 5) is 23.4. The monoisotopic (exact) mass is 344 g/mol. The van der Waals surface area contributed by atoms with Gasteiger partial charge in [0, 0.05) is 6.92 Å². The molecule has 3 nitrogen and oxygen atoms in total. The summed E-state index contributed by atoms with van der Waals surface area (Å²) in [5.41, 5.74) is 1.26. The molecular weight excluding hydrogens is 312 g/mol. The van der Waals surface area contributed by atoms with E-state index >= 15 is 0 Å². The highest BCUT2D eigenvalue weighted by Gasteiger charge is 2.55. The Labute approximate surface area is 151 Å². The van der Waals surface area contributed by atoms with E-state index in [0.717, 1.165) is 48.5 Å². The summed E-state index contributed by atoms with van der Waals surface area (Å²) in [7, 11) is 0. The van der Waals surface area contributed by atoms with E-state index in [1.807, 2.05) is 0 Å². The predicted molar refractivity (Wildman–Crippen MR) is 96.8 cm³/mol. The van der Waals surface area contributed by atoms with Crippen molar-refractivity contribution in [1.29, 1.82) is 0 Å². The van der Waals surface area contributed by atoms with Gasteiger partial charge in [-0.2, -0.15) is 0 Å². The van der Waals surface area contributed by atoms with Gasteiger partial charge in [-0.3, -0.25) is 9.59 Å². The molecule has 4 aliphatic carbocycles. The third-order valence-electron chi connectivity index (χ3n) is 8.20. The van der Waals surface area contributed by atoms with Crippen LogP contribution in [-0.4, -0.2) is 17.9 Å². The average molecular weight is 344 g/mol. The summed E-state index contributed by atoms with van der Waals surface area (Å²) in [6, 6.07) is 0. The summed E-state index contributed by atoms with van der Waals surface area (Å²) in [6.45, 7) is 5.64. The van der Waals surface area contributed by atoms with E-state index in [4.69, 9.17) is 4.74 Å². The average Bonchev–Trinajstić information content (AvgIpc) is 2.91. The number of esters is 1. The van der Waals surface area contributed by atoms with E-state index in [0.29, 0.717) is 11.7 Å². The lowest BCUT2D eigenvalue weighted by molar-refractivity contribution is -0.151. The fourth-order valence-corrected chi connectivity index (χ4v) is 7.27. The molecule has 0 aromatic heterocycles. The third-order valence-corrected chi connectivity index (χ3v) is 8.20. The molecule has 4 rings (SSSR count). The van der Waals surface area contributed by atoms with Crippen LogP contribution in [0.15, 0.2) is 11.6 Å². The van der Waals surface area contributed by atoms with Gasteiger partial charge >= 0.3 is 5.97 Å². The summed E-state index contributed by atoms with van der Waals surface area (Å²) in [5, 5.41) is 0. The maximum atomic E-state index is 12.1. The molecule has 3 heteroatoms. The standard InChI is InChI=1S/C22H32O3/c1-13(23)20-8-9-21-19-6-4-15-12-16(25-14(2)24)5-7-17(15)18(19)10-11-22(20,21)3/h8,15-19,21H,4-7,9-12H2,1-3H3/t15-,16+,17+,18-,19-,21+,22-/m1/s1. The Morgan fingerprint density at radius 1 is 1.04 bits per heavy atom. The van der Waals surface area contributed by atoms with Gasteiger partial charge in [-0.05, 0) is 98.9 Å². The number of ketones is 1. The maximum Gasteiger partial charge on any atom is 0.302 e. The lowest BCUT2D eigenvalue weighted by atomic mass is 9.49. The van der Waals surface area contributed by atoms with Crippen molar-refractivity contribution in [3.05, 3.63) is 11.6 Å². The first-order valence-electron chi connectivity index (χ1n) is 10.3. The Balaban J connectivity index is 1.48. The van der Waals surface area contributed by atoms with Gasteiger partial charge in [0.25, 0.3) is 0 Å². The summed E-state index contributed by atoms with van der Waals surface area (Å²) in [5.74, 6) is 4.02. The van der Waals surface area contributed by atoms with Gasteiger partial charge in [0.2, 0.25) is 0 Å². The van der Waals surface area contributed by atoms with E-state index in [-0.39, 0.29) is 17.5 Å². The number of carbonyl (C=O) groups is 2. The molecule has 0 saturated heterocycles. The van der Waals surface area contributed by atoms with E-state index in [2.05, 4.69) is 13.0 Å². The number of rotatable bonds is 2. The molecule has 0 aromatic rings. The van der Waals surface area contributed by atoms with Crippen LogP contribution < -0.4 is 0 Å². The second-order valence-corrected chi connectivity index (χ2v) is 9.35. The number of carbonyl (C=O) groups excluding carboxylic acids is 2. The minimum Gasteiger partial charge on any atom is -0.463 e. The number of Topliss-reactive ketones (excluding diaryl/α,β-unsaturated/α-hetero) is 1. The highest BCUT2D eigenvalue weighted by Crippen LogP contribution is 2.62. The summed E-state index contributed by atoms with van der Waals surface area (Å²) in [6.07, 6.45) is 11.9. The van der Waals surface area contributed by atoms with E-state index in [1.54, 1.807) is 6.92 Å². The summed E-state index contributed by atoms with van der Waals surface area (Å²) < 4.78 is 5.52. The Kier molecular flexibility index (Phi) is 4.32. The molecule has 7 atom stereocenters. The van der Waals surface area contributed by atoms with Crippen LogP contribution in [-0.2, 0) is 14.3 Å². The van der Waals surface area contributed by atoms with Crippen molar-refractivity contribution >= 4 is 11.8 Å². The van der Waals surface area contributed by atoms with Crippen LogP contribution in [0.3, 0.4) is 0 Å². The largest absolute Gasteiger partial charge is 0.463 e. The van der Waals surface area contributed by atoms with Crippen LogP contribution in [0, 0.1) is 35.0 Å². The van der Waals surface area contributed by atoms with Crippen molar-refractivity contribution in [1.82, 2.24) is 0 Å². The van der Waals surface area contributed by atoms with Gasteiger partial charge < -0.3 is 4.74 Å². The van der Waals surface area contributed by atoms with Crippen molar-refractivity contribution in [2.45, 2.75) is 78.2 Å². The molecule has 0 bridgehead atoms. The molecule has 138 valence electrons. The number of ether oxygens (including phenoxy) is 1. The zero-order valence-electron chi connectivity index (χ0n) is 15.9. The third kappa shape index (κ3) is 2.78. The van der Waals surface area contributed by atoms with E-state index in [1.165, 1.54) is 39.0 Å². The van der Waals surface area contributed by atoms with Gasteiger partial charge in [0.05, 0.1) is 0 Å². The van der Waals surface area contributed by atoms with Crippen LogP contribution in [0.4, 0.5) is 0 Å². The predicted octanol–water partition coefficient (Wildman–Crippen LogP) is 4.70. The molecule has 0 aromatic carbocycles. The van der Waals surface area contributed by atoms with Crippen molar-refractivity contribution in [2.75, 3.05) is 0 Å². The smallest absolute Gasteiger partial charge is 0.302 e. The first-order valence-corrected chi connectivity index (χ1v) is 10.3. The van der Waals surface area contributed by atoms with Crippen molar-refractivity contribution in [3.8, 4) is 0 Å². The van der Waals surface area contributed by atoms with Crippen LogP contribution in [0.25, 0.3) is 0 Å². The van der Waals surface area contributed by atoms with Crippen LogP contribution in [0.1, 0.15) is 72.1 Å². The summed E-state index contributed by atoms with van der Waals surface area (Å²) >= 11 is 0. The van der Waals surface area contributed by atoms with Crippen LogP contribution in [0.5, 0.6) is 0 Å². The Hall–Kier alpha value is -1.12. The molecule has 25 heavy (non-hydrogen) atoms. The molecular formula is C22H32O3. The van der Waals surface area contributed by atoms with Crippen molar-refractivity contribution in [3.63, 3.8) is 0 Å². The molecule has 3 fully saturated rings. The number of hydrogen-bond donors (Lipinski definition) is 0. The molecule has 3 saturated carbocycles. The zero-order valence-corrected chi connectivity index (χ0v) is 15.9. The maximum absolute atomic E-state index is 12.1.